The SMILES string of the molecule is COc1ccc2c(c1)c(C(=O)C(=O)Nc1cc(Cl)nc(OC)c1)c(C)n2Cc1ccc(Cl)c(-c2cnc(OC)cc2NC(=O)C(=O)c2c(C)n(Cc3ccc(Cl)cc3)c3cc(OC)ccc23)c1. The number of nitrogens with zero attached hydrogens (tertiary/aromatic N) is 4. The molecule has 0 aliphatic heterocycles. The van der Waals surface area contributed by atoms with Crippen LogP contribution in [0.15, 0.2) is 103 Å². The number of nitrogens with one attached hydrogen (secondary N) is 2. The summed E-state index contributed by atoms with van der Waals surface area (Å²) in [5, 5.41) is 7.50. The molecule has 0 fully saturated rings. The number of ether oxygens (including phenoxy) is 4. The summed E-state index contributed by atoms with van der Waals surface area (Å²) in [7, 11) is 5.92. The van der Waals surface area contributed by atoms with Crippen LogP contribution in [0.4, 0.5) is 11.4 Å². The quantitative estimate of drug-likeness (QED) is 0.0574. The summed E-state index contributed by atoms with van der Waals surface area (Å²) in [6.45, 7) is 4.17. The summed E-state index contributed by atoms with van der Waals surface area (Å²) in [5.41, 5.74) is 5.86. The van der Waals surface area contributed by atoms with Gasteiger partial charge in [0, 0.05) is 92.0 Å². The zero-order valence-corrected chi connectivity index (χ0v) is 39.2. The zero-order chi connectivity index (χ0) is 47.7. The molecule has 17 heteroatoms. The lowest BCUT2D eigenvalue weighted by molar-refractivity contribution is -0.113. The standard InChI is InChI=1S/C50H41Cl3N6O8/c1-26-45(34-14-12-33(65-4)21-41(34)59(26)24-28-7-10-30(51)11-8-28)47(60)50(63)56-39-22-43(66-5)54-23-37(39)35-17-29(9-15-38(35)52)25-58-27(2)46(36-20-32(64-3)13-16-40(36)58)48(61)49(62)55-31-18-42(53)57-44(19-31)67-6/h7-23H,24-25H2,1-6H3,(H,54,56,63)(H,55,57,62). The Hall–Kier alpha value is -7.39. The largest absolute Gasteiger partial charge is 0.497 e. The summed E-state index contributed by atoms with van der Waals surface area (Å²) in [6, 6.07) is 27.7. The van der Waals surface area contributed by atoms with E-state index in [4.69, 9.17) is 53.8 Å². The van der Waals surface area contributed by atoms with Crippen LogP contribution in [0.1, 0.15) is 43.2 Å². The van der Waals surface area contributed by atoms with Crippen molar-refractivity contribution in [3.05, 3.63) is 152 Å². The number of fused-ring (bicyclic) bond motifs is 2. The highest BCUT2D eigenvalue weighted by Gasteiger charge is 2.29. The molecule has 8 rings (SSSR count). The number of anilines is 2. The molecule has 0 atom stereocenters. The zero-order valence-electron chi connectivity index (χ0n) is 36.9. The van der Waals surface area contributed by atoms with E-state index in [2.05, 4.69) is 20.6 Å². The monoisotopic (exact) mass is 958 g/mol. The normalized spacial score (nSPS) is 11.1. The molecule has 4 aromatic carbocycles. The first-order valence-electron chi connectivity index (χ1n) is 20.6. The van der Waals surface area contributed by atoms with E-state index in [9.17, 15) is 19.2 Å². The van der Waals surface area contributed by atoms with Gasteiger partial charge in [0.15, 0.2) is 0 Å². The number of ketones is 2. The molecule has 8 aromatic rings. The number of methoxy groups -OCH3 is 4. The molecular formula is C50H41Cl3N6O8. The van der Waals surface area contributed by atoms with Gasteiger partial charge in [-0.15, -0.1) is 0 Å². The number of benzene rings is 4. The smallest absolute Gasteiger partial charge is 0.296 e. The van der Waals surface area contributed by atoms with Crippen molar-refractivity contribution in [2.75, 3.05) is 39.1 Å². The molecule has 0 aliphatic rings. The van der Waals surface area contributed by atoms with Crippen LogP contribution in [0.25, 0.3) is 32.9 Å². The fourth-order valence-electron chi connectivity index (χ4n) is 8.09. The van der Waals surface area contributed by atoms with Crippen LogP contribution in [-0.2, 0) is 22.7 Å². The lowest BCUT2D eigenvalue weighted by Crippen LogP contribution is -2.24. The van der Waals surface area contributed by atoms with Gasteiger partial charge in [0.2, 0.25) is 11.8 Å². The average molecular weight is 960 g/mol. The number of carbonyl (C=O) groups is 4. The molecule has 2 amide bonds. The van der Waals surface area contributed by atoms with Gasteiger partial charge in [-0.2, -0.15) is 0 Å². The fraction of sp³-hybridized carbons (Fsp3) is 0.160. The van der Waals surface area contributed by atoms with Crippen LogP contribution in [0, 0.1) is 13.8 Å². The van der Waals surface area contributed by atoms with Gasteiger partial charge in [-0.1, -0.05) is 53.0 Å². The Bertz CT molecular complexity index is 3290. The van der Waals surface area contributed by atoms with Crippen molar-refractivity contribution in [3.8, 4) is 34.4 Å². The third-order valence-electron chi connectivity index (χ3n) is 11.4. The fourth-order valence-corrected chi connectivity index (χ4v) is 8.64. The minimum atomic E-state index is -0.901. The highest BCUT2D eigenvalue weighted by molar-refractivity contribution is 6.49. The Morgan fingerprint density at radius 3 is 1.88 bits per heavy atom. The molecule has 0 saturated heterocycles. The first-order chi connectivity index (χ1) is 32.2. The van der Waals surface area contributed by atoms with Crippen LogP contribution >= 0.6 is 34.8 Å². The number of hydrogen-bond donors (Lipinski definition) is 2. The molecule has 2 N–H and O–H groups in total. The first-order valence-corrected chi connectivity index (χ1v) is 21.7. The van der Waals surface area contributed by atoms with Gasteiger partial charge in [0.1, 0.15) is 16.7 Å². The Labute approximate surface area is 399 Å². The van der Waals surface area contributed by atoms with Gasteiger partial charge in [-0.05, 0) is 85.6 Å². The minimum Gasteiger partial charge on any atom is -0.497 e. The van der Waals surface area contributed by atoms with Gasteiger partial charge in [0.25, 0.3) is 23.4 Å². The number of rotatable bonds is 15. The first kappa shape index (κ1) is 46.2. The van der Waals surface area contributed by atoms with E-state index in [0.29, 0.717) is 72.4 Å². The number of aromatic nitrogens is 4. The molecule has 0 bridgehead atoms. The molecule has 4 heterocycles. The minimum absolute atomic E-state index is 0.0677. The van der Waals surface area contributed by atoms with Crippen molar-refractivity contribution in [2.24, 2.45) is 0 Å². The second-order valence-electron chi connectivity index (χ2n) is 15.4. The molecule has 0 unspecified atom stereocenters. The van der Waals surface area contributed by atoms with Gasteiger partial charge in [-0.25, -0.2) is 9.97 Å². The third-order valence-corrected chi connectivity index (χ3v) is 12.2. The Balaban J connectivity index is 1.13. The van der Waals surface area contributed by atoms with Crippen LogP contribution in [0.2, 0.25) is 15.2 Å². The highest BCUT2D eigenvalue weighted by Crippen LogP contribution is 2.38. The molecule has 4 aromatic heterocycles. The van der Waals surface area contributed by atoms with Crippen molar-refractivity contribution in [3.63, 3.8) is 0 Å². The predicted molar refractivity (Wildman–Crippen MR) is 259 cm³/mol. The predicted octanol–water partition coefficient (Wildman–Crippen LogP) is 10.4. The van der Waals surface area contributed by atoms with E-state index in [0.717, 1.165) is 11.1 Å². The number of amides is 2. The van der Waals surface area contributed by atoms with E-state index >= 15 is 0 Å². The maximum atomic E-state index is 14.4. The van der Waals surface area contributed by atoms with Crippen molar-refractivity contribution in [1.82, 2.24) is 19.1 Å². The number of pyridine rings is 2. The Morgan fingerprint density at radius 1 is 0.582 bits per heavy atom. The molecule has 14 nitrogen and oxygen atoms in total. The van der Waals surface area contributed by atoms with E-state index in [-0.39, 0.29) is 46.0 Å². The van der Waals surface area contributed by atoms with E-state index in [1.807, 2.05) is 45.5 Å². The second-order valence-corrected chi connectivity index (χ2v) is 16.6. The Kier molecular flexibility index (Phi) is 13.2. The maximum Gasteiger partial charge on any atom is 0.296 e. The van der Waals surface area contributed by atoms with Crippen molar-refractivity contribution in [2.45, 2.75) is 26.9 Å². The summed E-state index contributed by atoms with van der Waals surface area (Å²) in [5.74, 6) is -1.95. The Morgan fingerprint density at radius 2 is 1.19 bits per heavy atom. The van der Waals surface area contributed by atoms with Gasteiger partial charge >= 0.3 is 0 Å². The van der Waals surface area contributed by atoms with Gasteiger partial charge in [0.05, 0.1) is 50.8 Å². The number of Topliss-reactive ketones (excluding diaryl/α,β-unsaturated/α-hetero) is 2. The lowest BCUT2D eigenvalue weighted by Gasteiger charge is -2.15. The molecule has 0 spiro atoms. The number of carbonyl (C=O) groups excluding carboxylic acids is 4. The van der Waals surface area contributed by atoms with E-state index < -0.39 is 23.4 Å². The van der Waals surface area contributed by atoms with Gasteiger partial charge in [-0.3, -0.25) is 19.2 Å². The van der Waals surface area contributed by atoms with Crippen LogP contribution in [0.3, 0.4) is 0 Å². The molecule has 0 radical (unpaired) electrons. The van der Waals surface area contributed by atoms with Crippen molar-refractivity contribution < 1.29 is 38.1 Å². The molecule has 340 valence electrons. The molecular weight excluding hydrogens is 919 g/mol. The van der Waals surface area contributed by atoms with E-state index in [1.54, 1.807) is 63.4 Å². The van der Waals surface area contributed by atoms with Crippen molar-refractivity contribution in [1.29, 1.82) is 0 Å². The second kappa shape index (κ2) is 19.2. The average Bonchev–Trinajstić information content (AvgIpc) is 3.76. The van der Waals surface area contributed by atoms with Gasteiger partial charge < -0.3 is 38.7 Å². The summed E-state index contributed by atoms with van der Waals surface area (Å²) in [6.07, 6.45) is 1.50. The molecule has 0 aliphatic carbocycles. The van der Waals surface area contributed by atoms with Crippen molar-refractivity contribution >= 4 is 91.4 Å². The van der Waals surface area contributed by atoms with Crippen LogP contribution in [-0.4, -0.2) is 70.9 Å². The molecule has 0 saturated carbocycles. The maximum absolute atomic E-state index is 14.4. The third kappa shape index (κ3) is 9.24. The highest BCUT2D eigenvalue weighted by atomic mass is 35.5. The summed E-state index contributed by atoms with van der Waals surface area (Å²) >= 11 is 19.2. The number of halogens is 3. The van der Waals surface area contributed by atoms with Crippen LogP contribution in [0.5, 0.6) is 23.3 Å². The summed E-state index contributed by atoms with van der Waals surface area (Å²) in [4.78, 5) is 64.6. The molecule has 67 heavy (non-hydrogen) atoms. The summed E-state index contributed by atoms with van der Waals surface area (Å²) < 4.78 is 25.5. The lowest BCUT2D eigenvalue weighted by atomic mass is 10.0. The topological polar surface area (TPSA) is 165 Å². The van der Waals surface area contributed by atoms with E-state index in [1.165, 1.54) is 45.7 Å². The number of hydrogen-bond acceptors (Lipinski definition) is 10. The van der Waals surface area contributed by atoms with Crippen LogP contribution < -0.4 is 29.6 Å².